The van der Waals surface area contributed by atoms with Crippen LogP contribution >= 0.6 is 0 Å². The van der Waals surface area contributed by atoms with E-state index < -0.39 is 29.7 Å². The third-order valence-corrected chi connectivity index (χ3v) is 2.48. The predicted octanol–water partition coefficient (Wildman–Crippen LogP) is 0.521. The Kier molecular flexibility index (Phi) is 4.86. The number of nitrogens with two attached hydrogens (primary N) is 1. The van der Waals surface area contributed by atoms with Gasteiger partial charge >= 0.3 is 5.97 Å². The van der Waals surface area contributed by atoms with Crippen LogP contribution < -0.4 is 5.73 Å². The molecule has 0 bridgehead atoms. The predicted molar refractivity (Wildman–Crippen MR) is 71.8 cm³/mol. The van der Waals surface area contributed by atoms with Gasteiger partial charge in [0.15, 0.2) is 6.10 Å². The Morgan fingerprint density at radius 2 is 1.65 bits per heavy atom. The molecule has 0 aromatic heterocycles. The molecule has 6 heteroatoms. The van der Waals surface area contributed by atoms with Gasteiger partial charge in [-0.3, -0.25) is 4.79 Å². The molecule has 110 valence electrons. The summed E-state index contributed by atoms with van der Waals surface area (Å²) in [6.07, 6.45) is -3.12. The highest BCUT2D eigenvalue weighted by Gasteiger charge is 2.24. The van der Waals surface area contributed by atoms with Gasteiger partial charge in [0.1, 0.15) is 11.7 Å². The Labute approximate surface area is 117 Å². The van der Waals surface area contributed by atoms with Gasteiger partial charge in [-0.25, -0.2) is 4.79 Å². The maximum atomic E-state index is 11.8. The lowest BCUT2D eigenvalue weighted by Crippen LogP contribution is -2.33. The first-order valence-electron chi connectivity index (χ1n) is 6.10. The van der Waals surface area contributed by atoms with E-state index in [1.807, 2.05) is 0 Å². The van der Waals surface area contributed by atoms with Gasteiger partial charge in [-0.2, -0.15) is 0 Å². The number of hydrogen-bond acceptors (Lipinski definition) is 5. The number of primary amides is 1. The minimum Gasteiger partial charge on any atom is -0.456 e. The molecule has 1 aromatic carbocycles. The fourth-order valence-corrected chi connectivity index (χ4v) is 1.49. The van der Waals surface area contributed by atoms with Crippen molar-refractivity contribution in [1.82, 2.24) is 0 Å². The molecule has 2 unspecified atom stereocenters. The molecule has 1 rings (SSSR count). The Morgan fingerprint density at radius 1 is 1.15 bits per heavy atom. The summed E-state index contributed by atoms with van der Waals surface area (Å²) in [7, 11) is 0. The van der Waals surface area contributed by atoms with Gasteiger partial charge in [0, 0.05) is 0 Å². The zero-order chi connectivity index (χ0) is 15.5. The quantitative estimate of drug-likeness (QED) is 0.697. The average Bonchev–Trinajstić information content (AvgIpc) is 2.35. The highest BCUT2D eigenvalue weighted by atomic mass is 16.6. The van der Waals surface area contributed by atoms with Gasteiger partial charge in [-0.15, -0.1) is 0 Å². The zero-order valence-electron chi connectivity index (χ0n) is 11.7. The first-order chi connectivity index (χ1) is 9.11. The smallest absolute Gasteiger partial charge is 0.338 e. The highest BCUT2D eigenvalue weighted by molar-refractivity contribution is 5.89. The minimum atomic E-state index is -1.69. The number of hydrogen-bond donors (Lipinski definition) is 3. The third kappa shape index (κ3) is 4.32. The van der Waals surface area contributed by atoms with E-state index in [0.717, 1.165) is 0 Å². The van der Waals surface area contributed by atoms with Crippen LogP contribution in [0.5, 0.6) is 0 Å². The Balaban J connectivity index is 2.84. The fraction of sp³-hybridized carbons (Fsp3) is 0.429. The van der Waals surface area contributed by atoms with Crippen LogP contribution in [0.15, 0.2) is 24.3 Å². The van der Waals surface area contributed by atoms with Crippen molar-refractivity contribution in [3.63, 3.8) is 0 Å². The molecule has 0 radical (unpaired) electrons. The van der Waals surface area contributed by atoms with E-state index in [0.29, 0.717) is 5.56 Å². The number of benzene rings is 1. The molecular weight excluding hydrogens is 262 g/mol. The van der Waals surface area contributed by atoms with Gasteiger partial charge < -0.3 is 20.7 Å². The van der Waals surface area contributed by atoms with E-state index >= 15 is 0 Å². The van der Waals surface area contributed by atoms with Crippen LogP contribution in [-0.2, 0) is 9.53 Å². The first-order valence-corrected chi connectivity index (χ1v) is 6.10. The summed E-state index contributed by atoms with van der Waals surface area (Å²) in [6.45, 7) is 5.27. The zero-order valence-corrected chi connectivity index (χ0v) is 11.7. The molecule has 0 saturated carbocycles. The molecule has 20 heavy (non-hydrogen) atoms. The molecule has 0 aliphatic carbocycles. The van der Waals surface area contributed by atoms with E-state index in [1.54, 1.807) is 20.8 Å². The molecule has 0 fully saturated rings. The van der Waals surface area contributed by atoms with Gasteiger partial charge in [0.05, 0.1) is 5.56 Å². The van der Waals surface area contributed by atoms with Crippen molar-refractivity contribution in [1.29, 1.82) is 0 Å². The molecular formula is C14H19NO5. The van der Waals surface area contributed by atoms with Crippen molar-refractivity contribution >= 4 is 11.9 Å². The Morgan fingerprint density at radius 3 is 2.05 bits per heavy atom. The van der Waals surface area contributed by atoms with Gasteiger partial charge in [0.2, 0.25) is 5.91 Å². The number of rotatable bonds is 4. The number of carbonyl (C=O) groups excluding carboxylic acids is 2. The lowest BCUT2D eigenvalue weighted by molar-refractivity contribution is -0.131. The summed E-state index contributed by atoms with van der Waals surface area (Å²) in [5.41, 5.74) is 4.89. The maximum Gasteiger partial charge on any atom is 0.338 e. The van der Waals surface area contributed by atoms with Crippen LogP contribution in [-0.4, -0.2) is 33.8 Å². The van der Waals surface area contributed by atoms with Crippen LogP contribution in [0.1, 0.15) is 42.8 Å². The van der Waals surface area contributed by atoms with Crippen molar-refractivity contribution in [3.05, 3.63) is 35.4 Å². The van der Waals surface area contributed by atoms with Crippen LogP contribution in [0.2, 0.25) is 0 Å². The average molecular weight is 281 g/mol. The minimum absolute atomic E-state index is 0.281. The van der Waals surface area contributed by atoms with E-state index in [1.165, 1.54) is 24.3 Å². The summed E-state index contributed by atoms with van der Waals surface area (Å²) < 4.78 is 5.18. The van der Waals surface area contributed by atoms with Crippen LogP contribution in [0, 0.1) is 0 Å². The van der Waals surface area contributed by atoms with E-state index in [9.17, 15) is 19.8 Å². The van der Waals surface area contributed by atoms with Crippen molar-refractivity contribution < 1.29 is 24.5 Å². The number of amides is 1. The SMILES string of the molecule is CC(C)(C)OC(=O)c1ccc(C(O)C(O)C(N)=O)cc1. The maximum absolute atomic E-state index is 11.8. The highest BCUT2D eigenvalue weighted by Crippen LogP contribution is 2.19. The first kappa shape index (κ1) is 16.1. The normalized spacial score (nSPS) is 14.4. The number of esters is 1. The van der Waals surface area contributed by atoms with Crippen LogP contribution in [0.25, 0.3) is 0 Å². The lowest BCUT2D eigenvalue weighted by atomic mass is 10.0. The topological polar surface area (TPSA) is 110 Å². The summed E-state index contributed by atoms with van der Waals surface area (Å²) >= 11 is 0. The molecule has 0 heterocycles. The second kappa shape index (κ2) is 6.02. The molecule has 4 N–H and O–H groups in total. The summed E-state index contributed by atoms with van der Waals surface area (Å²) in [5.74, 6) is -1.51. The molecule has 0 spiro atoms. The molecule has 0 aliphatic rings. The van der Waals surface area contributed by atoms with Crippen molar-refractivity contribution in [2.24, 2.45) is 5.73 Å². The van der Waals surface area contributed by atoms with Crippen LogP contribution in [0.3, 0.4) is 0 Å². The van der Waals surface area contributed by atoms with E-state index in [4.69, 9.17) is 10.5 Å². The largest absolute Gasteiger partial charge is 0.456 e. The molecule has 2 atom stereocenters. The number of ether oxygens (including phenoxy) is 1. The Bertz CT molecular complexity index is 489. The molecule has 1 amide bonds. The number of aliphatic hydroxyl groups is 2. The van der Waals surface area contributed by atoms with E-state index in [-0.39, 0.29) is 5.56 Å². The van der Waals surface area contributed by atoms with Crippen molar-refractivity contribution in [2.75, 3.05) is 0 Å². The lowest BCUT2D eigenvalue weighted by Gasteiger charge is -2.20. The second-order valence-corrected chi connectivity index (χ2v) is 5.42. The van der Waals surface area contributed by atoms with Gasteiger partial charge in [-0.05, 0) is 38.5 Å². The number of aliphatic hydroxyl groups excluding tert-OH is 2. The Hall–Kier alpha value is -1.92. The van der Waals surface area contributed by atoms with Crippen LogP contribution in [0.4, 0.5) is 0 Å². The van der Waals surface area contributed by atoms with Gasteiger partial charge in [-0.1, -0.05) is 12.1 Å². The van der Waals surface area contributed by atoms with Gasteiger partial charge in [0.25, 0.3) is 0 Å². The van der Waals surface area contributed by atoms with Crippen molar-refractivity contribution in [3.8, 4) is 0 Å². The molecule has 0 aliphatic heterocycles. The molecule has 1 aromatic rings. The number of carbonyl (C=O) groups is 2. The molecule has 0 saturated heterocycles. The third-order valence-electron chi connectivity index (χ3n) is 2.48. The standard InChI is InChI=1S/C14H19NO5/c1-14(2,3)20-13(19)9-6-4-8(5-7-9)10(16)11(17)12(15)18/h4-7,10-11,16-17H,1-3H3,(H2,15,18). The summed E-state index contributed by atoms with van der Waals surface area (Å²) in [6, 6.07) is 5.74. The van der Waals surface area contributed by atoms with Crippen molar-refractivity contribution in [2.45, 2.75) is 38.6 Å². The second-order valence-electron chi connectivity index (χ2n) is 5.42. The monoisotopic (exact) mass is 281 g/mol. The summed E-state index contributed by atoms with van der Waals surface area (Å²) in [4.78, 5) is 22.6. The fourth-order valence-electron chi connectivity index (χ4n) is 1.49. The summed E-state index contributed by atoms with van der Waals surface area (Å²) in [5, 5.41) is 19.1. The molecule has 6 nitrogen and oxygen atoms in total. The van der Waals surface area contributed by atoms with E-state index in [2.05, 4.69) is 0 Å².